The molecule has 4 rings (SSSR count). The molecule has 0 fully saturated rings. The van der Waals surface area contributed by atoms with E-state index in [1.165, 1.54) is 0 Å². The molecule has 0 radical (unpaired) electrons. The van der Waals surface area contributed by atoms with Crippen molar-refractivity contribution in [2.24, 2.45) is 0 Å². The predicted molar refractivity (Wildman–Crippen MR) is 99.9 cm³/mol. The van der Waals surface area contributed by atoms with Crippen LogP contribution in [0, 0.1) is 0 Å². The highest BCUT2D eigenvalue weighted by molar-refractivity contribution is 5.47. The molecule has 1 aliphatic rings. The standard InChI is InChI=1S/C20H21N3O4/c1-25-14-5-6-17(26-2)13(10-14)11-23-8-7-15-16(12-23)21-19(22-20(15)24)18-4-3-9-27-18/h3-6,9-10H,7-8,11-12H2,1-2H3,(H,21,22,24). The van der Waals surface area contributed by atoms with Gasteiger partial charge in [-0.3, -0.25) is 9.69 Å². The van der Waals surface area contributed by atoms with Gasteiger partial charge in [0.1, 0.15) is 11.5 Å². The first-order chi connectivity index (χ1) is 13.2. The molecule has 27 heavy (non-hydrogen) atoms. The summed E-state index contributed by atoms with van der Waals surface area (Å²) in [6.45, 7) is 2.05. The van der Waals surface area contributed by atoms with E-state index >= 15 is 0 Å². The van der Waals surface area contributed by atoms with Crippen LogP contribution in [0.4, 0.5) is 0 Å². The zero-order valence-electron chi connectivity index (χ0n) is 15.3. The molecule has 1 aliphatic heterocycles. The van der Waals surface area contributed by atoms with Crippen molar-refractivity contribution in [3.05, 3.63) is 63.8 Å². The van der Waals surface area contributed by atoms with Crippen LogP contribution in [0.5, 0.6) is 11.5 Å². The molecule has 7 nitrogen and oxygen atoms in total. The number of rotatable bonds is 5. The summed E-state index contributed by atoms with van der Waals surface area (Å²) < 4.78 is 16.2. The lowest BCUT2D eigenvalue weighted by atomic mass is 10.0. The third-order valence-corrected chi connectivity index (χ3v) is 4.79. The van der Waals surface area contributed by atoms with Gasteiger partial charge in [0.05, 0.1) is 26.2 Å². The van der Waals surface area contributed by atoms with Crippen LogP contribution < -0.4 is 15.0 Å². The quantitative estimate of drug-likeness (QED) is 0.747. The first-order valence-electron chi connectivity index (χ1n) is 8.77. The number of fused-ring (bicyclic) bond motifs is 1. The number of hydrogen-bond donors (Lipinski definition) is 1. The van der Waals surface area contributed by atoms with Crippen molar-refractivity contribution < 1.29 is 13.9 Å². The summed E-state index contributed by atoms with van der Waals surface area (Å²) >= 11 is 0. The fraction of sp³-hybridized carbons (Fsp3) is 0.300. The summed E-state index contributed by atoms with van der Waals surface area (Å²) in [7, 11) is 3.31. The fourth-order valence-electron chi connectivity index (χ4n) is 3.41. The van der Waals surface area contributed by atoms with Crippen LogP contribution in [0.15, 0.2) is 45.8 Å². The molecule has 140 valence electrons. The van der Waals surface area contributed by atoms with Gasteiger partial charge in [0.15, 0.2) is 11.6 Å². The highest BCUT2D eigenvalue weighted by Gasteiger charge is 2.23. The largest absolute Gasteiger partial charge is 0.497 e. The molecular weight excluding hydrogens is 346 g/mol. The number of ether oxygens (including phenoxy) is 2. The van der Waals surface area contributed by atoms with E-state index in [0.717, 1.165) is 34.9 Å². The van der Waals surface area contributed by atoms with Gasteiger partial charge in [-0.2, -0.15) is 0 Å². The van der Waals surface area contributed by atoms with E-state index in [1.807, 2.05) is 18.2 Å². The van der Waals surface area contributed by atoms with Gasteiger partial charge >= 0.3 is 0 Å². The minimum absolute atomic E-state index is 0.0926. The van der Waals surface area contributed by atoms with E-state index in [1.54, 1.807) is 32.6 Å². The average Bonchev–Trinajstić information content (AvgIpc) is 3.22. The van der Waals surface area contributed by atoms with Crippen LogP contribution in [0.3, 0.4) is 0 Å². The number of methoxy groups -OCH3 is 2. The maximum absolute atomic E-state index is 12.4. The normalized spacial score (nSPS) is 14.0. The molecule has 0 unspecified atom stereocenters. The molecule has 0 atom stereocenters. The van der Waals surface area contributed by atoms with Crippen molar-refractivity contribution in [3.63, 3.8) is 0 Å². The lowest BCUT2D eigenvalue weighted by Gasteiger charge is -2.28. The van der Waals surface area contributed by atoms with E-state index in [0.29, 0.717) is 31.1 Å². The molecule has 0 bridgehead atoms. The Morgan fingerprint density at radius 2 is 2.15 bits per heavy atom. The molecular formula is C20H21N3O4. The number of hydrogen-bond acceptors (Lipinski definition) is 6. The van der Waals surface area contributed by atoms with Crippen molar-refractivity contribution in [2.75, 3.05) is 20.8 Å². The molecule has 0 spiro atoms. The number of aromatic amines is 1. The SMILES string of the molecule is COc1ccc(OC)c(CN2CCc3c(nc(-c4ccco4)[nH]c3=O)C2)c1. The maximum atomic E-state index is 12.4. The third-order valence-electron chi connectivity index (χ3n) is 4.79. The van der Waals surface area contributed by atoms with Gasteiger partial charge < -0.3 is 18.9 Å². The Balaban J connectivity index is 1.61. The molecule has 0 saturated carbocycles. The second kappa shape index (κ2) is 7.28. The zero-order chi connectivity index (χ0) is 18.8. The van der Waals surface area contributed by atoms with Crippen LogP contribution in [0.25, 0.3) is 11.6 Å². The topological polar surface area (TPSA) is 80.6 Å². The summed E-state index contributed by atoms with van der Waals surface area (Å²) in [6, 6.07) is 9.32. The Morgan fingerprint density at radius 3 is 2.89 bits per heavy atom. The fourth-order valence-corrected chi connectivity index (χ4v) is 3.41. The Bertz CT molecular complexity index is 995. The van der Waals surface area contributed by atoms with Gasteiger partial charge in [-0.1, -0.05) is 0 Å². The van der Waals surface area contributed by atoms with Crippen molar-refractivity contribution in [1.29, 1.82) is 0 Å². The number of furan rings is 1. The van der Waals surface area contributed by atoms with Crippen LogP contribution >= 0.6 is 0 Å². The molecule has 2 aromatic heterocycles. The van der Waals surface area contributed by atoms with E-state index < -0.39 is 0 Å². The van der Waals surface area contributed by atoms with Crippen LogP contribution in [0.1, 0.15) is 16.8 Å². The lowest BCUT2D eigenvalue weighted by Crippen LogP contribution is -2.35. The van der Waals surface area contributed by atoms with E-state index in [4.69, 9.17) is 13.9 Å². The van der Waals surface area contributed by atoms with Crippen molar-refractivity contribution in [3.8, 4) is 23.1 Å². The molecule has 3 heterocycles. The number of nitrogens with zero attached hydrogens (tertiary/aromatic N) is 2. The highest BCUT2D eigenvalue weighted by atomic mass is 16.5. The van der Waals surface area contributed by atoms with Gasteiger partial charge in [0, 0.05) is 30.8 Å². The minimum Gasteiger partial charge on any atom is -0.497 e. The predicted octanol–water partition coefficient (Wildman–Crippen LogP) is 2.61. The molecule has 0 saturated heterocycles. The van der Waals surface area contributed by atoms with Crippen molar-refractivity contribution in [1.82, 2.24) is 14.9 Å². The summed E-state index contributed by atoms with van der Waals surface area (Å²) in [5, 5.41) is 0. The Kier molecular flexibility index (Phi) is 4.68. The highest BCUT2D eigenvalue weighted by Crippen LogP contribution is 2.27. The first kappa shape index (κ1) is 17.4. The van der Waals surface area contributed by atoms with Crippen LogP contribution in [-0.2, 0) is 19.5 Å². The first-order valence-corrected chi connectivity index (χ1v) is 8.77. The smallest absolute Gasteiger partial charge is 0.254 e. The minimum atomic E-state index is -0.0926. The Morgan fingerprint density at radius 1 is 1.26 bits per heavy atom. The molecule has 1 aromatic carbocycles. The number of benzene rings is 1. The molecule has 3 aromatic rings. The third kappa shape index (κ3) is 3.46. The number of aromatic nitrogens is 2. The number of nitrogens with one attached hydrogen (secondary N) is 1. The number of H-pyrrole nitrogens is 1. The Hall–Kier alpha value is -3.06. The maximum Gasteiger partial charge on any atom is 0.254 e. The second-order valence-corrected chi connectivity index (χ2v) is 6.46. The van der Waals surface area contributed by atoms with E-state index in [9.17, 15) is 4.79 Å². The van der Waals surface area contributed by atoms with Crippen LogP contribution in [0.2, 0.25) is 0 Å². The lowest BCUT2D eigenvalue weighted by molar-refractivity contribution is 0.236. The molecule has 1 N–H and O–H groups in total. The molecule has 7 heteroatoms. The Labute approximate surface area is 156 Å². The summed E-state index contributed by atoms with van der Waals surface area (Å²) in [6.07, 6.45) is 2.22. The monoisotopic (exact) mass is 367 g/mol. The van der Waals surface area contributed by atoms with Crippen molar-refractivity contribution in [2.45, 2.75) is 19.5 Å². The van der Waals surface area contributed by atoms with E-state index in [-0.39, 0.29) is 5.56 Å². The van der Waals surface area contributed by atoms with Crippen molar-refractivity contribution >= 4 is 0 Å². The zero-order valence-corrected chi connectivity index (χ0v) is 15.3. The summed E-state index contributed by atoms with van der Waals surface area (Å²) in [4.78, 5) is 22.1. The molecule has 0 aliphatic carbocycles. The van der Waals surface area contributed by atoms with Gasteiger partial charge in [-0.05, 0) is 36.8 Å². The van der Waals surface area contributed by atoms with E-state index in [2.05, 4.69) is 14.9 Å². The van der Waals surface area contributed by atoms with Gasteiger partial charge in [-0.25, -0.2) is 4.98 Å². The summed E-state index contributed by atoms with van der Waals surface area (Å²) in [5.74, 6) is 2.63. The molecule has 0 amide bonds. The second-order valence-electron chi connectivity index (χ2n) is 6.46. The summed E-state index contributed by atoms with van der Waals surface area (Å²) in [5.41, 5.74) is 2.49. The van der Waals surface area contributed by atoms with Gasteiger partial charge in [0.25, 0.3) is 5.56 Å². The average molecular weight is 367 g/mol. The van der Waals surface area contributed by atoms with Gasteiger partial charge in [0.2, 0.25) is 0 Å². The van der Waals surface area contributed by atoms with Gasteiger partial charge in [-0.15, -0.1) is 0 Å². The van der Waals surface area contributed by atoms with Crippen LogP contribution in [-0.4, -0.2) is 35.6 Å².